The summed E-state index contributed by atoms with van der Waals surface area (Å²) in [6.45, 7) is 2.34. The van der Waals surface area contributed by atoms with E-state index < -0.39 is 0 Å². The molecule has 0 spiro atoms. The van der Waals surface area contributed by atoms with E-state index in [0.29, 0.717) is 12.4 Å². The summed E-state index contributed by atoms with van der Waals surface area (Å²) in [4.78, 5) is 15.7. The molecule has 26 heavy (non-hydrogen) atoms. The van der Waals surface area contributed by atoms with Crippen LogP contribution in [0.2, 0.25) is 0 Å². The Morgan fingerprint density at radius 3 is 2.88 bits per heavy atom. The maximum Gasteiger partial charge on any atom is 0.182 e. The summed E-state index contributed by atoms with van der Waals surface area (Å²) in [6.07, 6.45) is 7.47. The van der Waals surface area contributed by atoms with Gasteiger partial charge in [-0.05, 0) is 37.1 Å². The van der Waals surface area contributed by atoms with E-state index in [2.05, 4.69) is 20.0 Å². The second kappa shape index (κ2) is 7.61. The van der Waals surface area contributed by atoms with Gasteiger partial charge in [0.2, 0.25) is 0 Å². The predicted molar refractivity (Wildman–Crippen MR) is 98.8 cm³/mol. The van der Waals surface area contributed by atoms with Crippen molar-refractivity contribution in [3.8, 4) is 11.4 Å². The minimum Gasteiger partial charge on any atom is -0.394 e. The van der Waals surface area contributed by atoms with Gasteiger partial charge >= 0.3 is 0 Å². The summed E-state index contributed by atoms with van der Waals surface area (Å²) in [7, 11) is 0. The lowest BCUT2D eigenvalue weighted by Gasteiger charge is -2.33. The first-order valence-electron chi connectivity index (χ1n) is 8.97. The first kappa shape index (κ1) is 16.7. The van der Waals surface area contributed by atoms with Crippen LogP contribution in [0.4, 0.5) is 5.82 Å². The molecule has 1 saturated heterocycles. The maximum absolute atomic E-state index is 9.43. The van der Waals surface area contributed by atoms with Crippen LogP contribution in [0.25, 0.3) is 11.4 Å². The summed E-state index contributed by atoms with van der Waals surface area (Å²) in [5.74, 6) is 2.85. The van der Waals surface area contributed by atoms with E-state index in [1.807, 2.05) is 41.2 Å². The molecule has 3 aromatic rings. The Hall–Kier alpha value is -2.80. The zero-order chi connectivity index (χ0) is 17.8. The van der Waals surface area contributed by atoms with E-state index in [-0.39, 0.29) is 12.5 Å². The Labute approximate surface area is 152 Å². The molecule has 0 saturated carbocycles. The molecule has 4 rings (SSSR count). The molecule has 0 aliphatic carbocycles. The molecule has 134 valence electrons. The second-order valence-electron chi connectivity index (χ2n) is 6.46. The first-order chi connectivity index (χ1) is 12.8. The van der Waals surface area contributed by atoms with E-state index in [0.717, 1.165) is 43.1 Å². The number of hydrogen-bond acceptors (Lipinski definition) is 6. The number of anilines is 1. The maximum atomic E-state index is 9.43. The fourth-order valence-corrected chi connectivity index (χ4v) is 3.47. The Balaban J connectivity index is 1.62. The smallest absolute Gasteiger partial charge is 0.182 e. The number of aliphatic hydroxyl groups is 1. The van der Waals surface area contributed by atoms with Crippen LogP contribution in [0.1, 0.15) is 24.6 Å². The summed E-state index contributed by atoms with van der Waals surface area (Å²) in [6, 6.07) is 9.83. The number of rotatable bonds is 5. The van der Waals surface area contributed by atoms with Crippen LogP contribution in [0.5, 0.6) is 0 Å². The Morgan fingerprint density at radius 2 is 2.12 bits per heavy atom. The number of hydrogen-bond donors (Lipinski definition) is 1. The van der Waals surface area contributed by atoms with Gasteiger partial charge in [-0.1, -0.05) is 6.07 Å². The minimum absolute atomic E-state index is 0.0412. The van der Waals surface area contributed by atoms with Crippen molar-refractivity contribution in [1.82, 2.24) is 24.7 Å². The van der Waals surface area contributed by atoms with Crippen LogP contribution >= 0.6 is 0 Å². The standard InChI is InChI=1S/C19H22N6O/c26-12-11-25-19(22-18(23-25)15-5-3-8-20-13-15)16-6-4-10-24(14-16)17-7-1-2-9-21-17/h1-3,5,7-9,13,16,26H,4,6,10-12,14H2/t16-/m1/s1. The molecule has 7 heteroatoms. The molecule has 1 N–H and O–H groups in total. The van der Waals surface area contributed by atoms with Gasteiger partial charge in [-0.2, -0.15) is 5.10 Å². The number of pyridine rings is 2. The fraction of sp³-hybridized carbons (Fsp3) is 0.368. The van der Waals surface area contributed by atoms with Gasteiger partial charge in [0.25, 0.3) is 0 Å². The van der Waals surface area contributed by atoms with Gasteiger partial charge in [0.15, 0.2) is 5.82 Å². The predicted octanol–water partition coefficient (Wildman–Crippen LogP) is 2.11. The number of aliphatic hydroxyl groups excluding tert-OH is 1. The van der Waals surface area contributed by atoms with E-state index in [1.54, 1.807) is 12.4 Å². The van der Waals surface area contributed by atoms with Crippen LogP contribution < -0.4 is 4.90 Å². The lowest BCUT2D eigenvalue weighted by molar-refractivity contribution is 0.264. The van der Waals surface area contributed by atoms with Crippen LogP contribution in [-0.4, -0.2) is 49.5 Å². The Bertz CT molecular complexity index is 836. The van der Waals surface area contributed by atoms with E-state index in [9.17, 15) is 5.11 Å². The number of nitrogens with zero attached hydrogens (tertiary/aromatic N) is 6. The third-order valence-electron chi connectivity index (χ3n) is 4.69. The highest BCUT2D eigenvalue weighted by Crippen LogP contribution is 2.29. The molecule has 4 heterocycles. The molecule has 0 radical (unpaired) electrons. The van der Waals surface area contributed by atoms with E-state index in [4.69, 9.17) is 4.98 Å². The summed E-state index contributed by atoms with van der Waals surface area (Å²) in [5.41, 5.74) is 0.892. The molecular weight excluding hydrogens is 328 g/mol. The van der Waals surface area contributed by atoms with E-state index >= 15 is 0 Å². The highest BCUT2D eigenvalue weighted by molar-refractivity contribution is 5.52. The summed E-state index contributed by atoms with van der Waals surface area (Å²) in [5, 5.41) is 14.0. The van der Waals surface area contributed by atoms with Crippen LogP contribution in [-0.2, 0) is 6.54 Å². The van der Waals surface area contributed by atoms with Crippen LogP contribution in [0.3, 0.4) is 0 Å². The summed E-state index contributed by atoms with van der Waals surface area (Å²) >= 11 is 0. The van der Waals surface area contributed by atoms with Crippen molar-refractivity contribution in [3.05, 3.63) is 54.7 Å². The lowest BCUT2D eigenvalue weighted by Crippen LogP contribution is -2.36. The van der Waals surface area contributed by atoms with Crippen molar-refractivity contribution < 1.29 is 5.11 Å². The highest BCUT2D eigenvalue weighted by Gasteiger charge is 2.27. The zero-order valence-electron chi connectivity index (χ0n) is 14.6. The van der Waals surface area contributed by atoms with Crippen molar-refractivity contribution in [2.45, 2.75) is 25.3 Å². The average molecular weight is 350 g/mol. The van der Waals surface area contributed by atoms with Crippen molar-refractivity contribution in [3.63, 3.8) is 0 Å². The first-order valence-corrected chi connectivity index (χ1v) is 8.97. The highest BCUT2D eigenvalue weighted by atomic mass is 16.3. The second-order valence-corrected chi connectivity index (χ2v) is 6.46. The molecule has 0 amide bonds. The van der Waals surface area contributed by atoms with Gasteiger partial charge in [0.1, 0.15) is 11.6 Å². The molecule has 3 aromatic heterocycles. The molecule has 1 fully saturated rings. The molecule has 0 unspecified atom stereocenters. The molecule has 1 atom stereocenters. The molecule has 1 aliphatic heterocycles. The van der Waals surface area contributed by atoms with Crippen LogP contribution in [0, 0.1) is 0 Å². The molecule has 0 bridgehead atoms. The average Bonchev–Trinajstić information content (AvgIpc) is 3.14. The topological polar surface area (TPSA) is 80.0 Å². The largest absolute Gasteiger partial charge is 0.394 e. The Kier molecular flexibility index (Phi) is 4.88. The van der Waals surface area contributed by atoms with Gasteiger partial charge in [-0.25, -0.2) is 14.6 Å². The summed E-state index contributed by atoms with van der Waals surface area (Å²) < 4.78 is 1.84. The third-order valence-corrected chi connectivity index (χ3v) is 4.69. The molecule has 7 nitrogen and oxygen atoms in total. The van der Waals surface area contributed by atoms with Crippen molar-refractivity contribution in [2.75, 3.05) is 24.6 Å². The van der Waals surface area contributed by atoms with Crippen molar-refractivity contribution >= 4 is 5.82 Å². The van der Waals surface area contributed by atoms with Gasteiger partial charge in [-0.3, -0.25) is 4.98 Å². The van der Waals surface area contributed by atoms with Gasteiger partial charge in [-0.15, -0.1) is 0 Å². The van der Waals surface area contributed by atoms with E-state index in [1.165, 1.54) is 0 Å². The normalized spacial score (nSPS) is 17.4. The molecule has 1 aliphatic rings. The van der Waals surface area contributed by atoms with Gasteiger partial charge < -0.3 is 10.0 Å². The van der Waals surface area contributed by atoms with Crippen molar-refractivity contribution in [1.29, 1.82) is 0 Å². The molecular formula is C19H22N6O. The monoisotopic (exact) mass is 350 g/mol. The number of aromatic nitrogens is 5. The van der Waals surface area contributed by atoms with Crippen LogP contribution in [0.15, 0.2) is 48.9 Å². The fourth-order valence-electron chi connectivity index (χ4n) is 3.47. The zero-order valence-corrected chi connectivity index (χ0v) is 14.6. The van der Waals surface area contributed by atoms with Gasteiger partial charge in [0, 0.05) is 43.2 Å². The SMILES string of the molecule is OCCn1nc(-c2cccnc2)nc1[C@@H]1CCCN(c2ccccn2)C1. The lowest BCUT2D eigenvalue weighted by atomic mass is 9.97. The Morgan fingerprint density at radius 1 is 1.15 bits per heavy atom. The number of piperidine rings is 1. The van der Waals surface area contributed by atoms with Gasteiger partial charge in [0.05, 0.1) is 13.2 Å². The molecule has 0 aromatic carbocycles. The van der Waals surface area contributed by atoms with Crippen molar-refractivity contribution in [2.24, 2.45) is 0 Å². The third kappa shape index (κ3) is 3.43. The quantitative estimate of drug-likeness (QED) is 0.759. The minimum atomic E-state index is 0.0412.